The van der Waals surface area contributed by atoms with Gasteiger partial charge in [-0.05, 0) is 6.07 Å². The number of hydrogen-bond donors (Lipinski definition) is 0. The third kappa shape index (κ3) is 5.84. The molecule has 0 aliphatic rings. The number of alkyl halides is 3. The van der Waals surface area contributed by atoms with Gasteiger partial charge in [0.2, 0.25) is 15.9 Å². The minimum Gasteiger partial charge on any atom is -0.344 e. The van der Waals surface area contributed by atoms with Crippen molar-refractivity contribution in [3.63, 3.8) is 0 Å². The Morgan fingerprint density at radius 3 is 2.27 bits per heavy atom. The van der Waals surface area contributed by atoms with E-state index in [2.05, 4.69) is 0 Å². The number of sulfonamides is 1. The number of halogens is 3. The number of rotatable bonds is 8. The summed E-state index contributed by atoms with van der Waals surface area (Å²) in [6.07, 6.45) is -4.53. The van der Waals surface area contributed by atoms with Gasteiger partial charge in [-0.15, -0.1) is 0 Å². The topological polar surface area (TPSA) is 79.7 Å². The van der Waals surface area contributed by atoms with Crippen molar-refractivity contribution in [2.45, 2.75) is 37.9 Å². The van der Waals surface area contributed by atoms with Gasteiger partial charge in [0, 0.05) is 38.9 Å². The van der Waals surface area contributed by atoms with E-state index < -0.39 is 47.2 Å². The van der Waals surface area contributed by atoms with Gasteiger partial charge in [-0.1, -0.05) is 13.8 Å². The summed E-state index contributed by atoms with van der Waals surface area (Å²) in [6.45, 7) is 2.70. The van der Waals surface area contributed by atoms with E-state index >= 15 is 0 Å². The van der Waals surface area contributed by atoms with Crippen molar-refractivity contribution in [3.05, 3.63) is 28.7 Å². The van der Waals surface area contributed by atoms with Gasteiger partial charge < -0.3 is 9.47 Å². The molecule has 1 rings (SSSR count). The molecular weight excluding hydrogens is 375 g/mol. The van der Waals surface area contributed by atoms with Crippen LogP contribution in [-0.2, 0) is 21.4 Å². The zero-order chi connectivity index (χ0) is 20.1. The number of pyridine rings is 1. The fourth-order valence-electron chi connectivity index (χ4n) is 2.18. The molecular formula is C15H22F3N3O4S. The molecule has 1 aromatic rings. The van der Waals surface area contributed by atoms with Crippen molar-refractivity contribution in [2.24, 2.45) is 0 Å². The predicted octanol–water partition coefficient (Wildman–Crippen LogP) is 1.29. The van der Waals surface area contributed by atoms with E-state index in [0.29, 0.717) is 0 Å². The number of carbonyl (C=O) groups excluding carboxylic acids is 1. The highest BCUT2D eigenvalue weighted by Gasteiger charge is 2.28. The normalized spacial score (nSPS) is 12.4. The molecule has 0 unspecified atom stereocenters. The van der Waals surface area contributed by atoms with Gasteiger partial charge >= 0.3 is 6.18 Å². The number of hydrogen-bond acceptors (Lipinski definition) is 4. The largest absolute Gasteiger partial charge is 0.390 e. The van der Waals surface area contributed by atoms with Crippen LogP contribution in [0.1, 0.15) is 20.3 Å². The van der Waals surface area contributed by atoms with Crippen LogP contribution in [-0.4, -0.2) is 61.0 Å². The van der Waals surface area contributed by atoms with Crippen molar-refractivity contribution in [1.29, 1.82) is 0 Å². The van der Waals surface area contributed by atoms with Gasteiger partial charge in [0.25, 0.3) is 5.56 Å². The average Bonchev–Trinajstić information content (AvgIpc) is 2.54. The molecule has 1 aromatic heterocycles. The number of nitrogens with zero attached hydrogens (tertiary/aromatic N) is 3. The molecule has 0 aliphatic heterocycles. The minimum absolute atomic E-state index is 0.161. The number of carbonyl (C=O) groups is 1. The molecule has 11 heteroatoms. The summed E-state index contributed by atoms with van der Waals surface area (Å²) in [4.78, 5) is 24.6. The maximum Gasteiger partial charge on any atom is 0.390 e. The van der Waals surface area contributed by atoms with Crippen LogP contribution >= 0.6 is 0 Å². The van der Waals surface area contributed by atoms with E-state index in [4.69, 9.17) is 0 Å². The molecule has 0 bridgehead atoms. The maximum absolute atomic E-state index is 12.5. The van der Waals surface area contributed by atoms with E-state index in [1.165, 1.54) is 11.4 Å². The summed E-state index contributed by atoms with van der Waals surface area (Å²) >= 11 is 0. The quantitative estimate of drug-likeness (QED) is 0.662. The molecule has 0 saturated carbocycles. The number of aromatic nitrogens is 1. The lowest BCUT2D eigenvalue weighted by atomic mass is 10.3. The van der Waals surface area contributed by atoms with E-state index in [1.807, 2.05) is 0 Å². The minimum atomic E-state index is -4.40. The van der Waals surface area contributed by atoms with Crippen LogP contribution in [0.25, 0.3) is 0 Å². The predicted molar refractivity (Wildman–Crippen MR) is 89.1 cm³/mol. The molecule has 0 aromatic carbocycles. The Labute approximate surface area is 150 Å². The second-order valence-corrected chi connectivity index (χ2v) is 7.54. The molecule has 0 atom stereocenters. The Morgan fingerprint density at radius 2 is 1.77 bits per heavy atom. The molecule has 1 heterocycles. The molecule has 0 N–H and O–H groups in total. The standard InChI is InChI=1S/C15H22F3N3O4S/c1-4-21(5-2)26(24,25)12-6-7-13(22)20(10-12)11-14(23)19(3)9-8-15(16,17)18/h6-7,10H,4-5,8-9,11H2,1-3H3. The van der Waals surface area contributed by atoms with Gasteiger partial charge in [-0.2, -0.15) is 17.5 Å². The third-order valence-corrected chi connectivity index (χ3v) is 5.80. The summed E-state index contributed by atoms with van der Waals surface area (Å²) in [7, 11) is -2.64. The van der Waals surface area contributed by atoms with Crippen LogP contribution in [0.5, 0.6) is 0 Å². The molecule has 0 fully saturated rings. The first-order valence-corrected chi connectivity index (χ1v) is 9.37. The monoisotopic (exact) mass is 397 g/mol. The van der Waals surface area contributed by atoms with Crippen LogP contribution in [0.3, 0.4) is 0 Å². The fourth-order valence-corrected chi connectivity index (χ4v) is 3.66. The molecule has 26 heavy (non-hydrogen) atoms. The highest BCUT2D eigenvalue weighted by Crippen LogP contribution is 2.19. The molecule has 148 valence electrons. The lowest BCUT2D eigenvalue weighted by Crippen LogP contribution is -2.36. The van der Waals surface area contributed by atoms with E-state index in [9.17, 15) is 31.2 Å². The summed E-state index contributed by atoms with van der Waals surface area (Å²) in [5, 5.41) is 0. The van der Waals surface area contributed by atoms with Gasteiger partial charge in [0.15, 0.2) is 0 Å². The maximum atomic E-state index is 12.5. The molecule has 0 spiro atoms. The Bertz CT molecular complexity index is 786. The van der Waals surface area contributed by atoms with Gasteiger partial charge in [-0.3, -0.25) is 9.59 Å². The smallest absolute Gasteiger partial charge is 0.344 e. The van der Waals surface area contributed by atoms with Crippen LogP contribution in [0.15, 0.2) is 28.0 Å². The molecule has 0 radical (unpaired) electrons. The molecule has 0 aliphatic carbocycles. The molecule has 0 saturated heterocycles. The Balaban J connectivity index is 3.01. The molecule has 1 amide bonds. The zero-order valence-electron chi connectivity index (χ0n) is 14.8. The Kier molecular flexibility index (Phi) is 7.39. The van der Waals surface area contributed by atoms with Crippen molar-refractivity contribution < 1.29 is 26.4 Å². The second-order valence-electron chi connectivity index (χ2n) is 5.60. The van der Waals surface area contributed by atoms with E-state index in [1.54, 1.807) is 13.8 Å². The van der Waals surface area contributed by atoms with Gasteiger partial charge in [0.05, 0.1) is 11.3 Å². The fraction of sp³-hybridized carbons (Fsp3) is 0.600. The van der Waals surface area contributed by atoms with E-state index in [0.717, 1.165) is 27.8 Å². The number of likely N-dealkylation sites (N-methyl/N-ethyl adjacent to an activating group) is 1. The first kappa shape index (κ1) is 22.2. The van der Waals surface area contributed by atoms with Crippen molar-refractivity contribution in [1.82, 2.24) is 13.8 Å². The molecule has 7 nitrogen and oxygen atoms in total. The lowest BCUT2D eigenvalue weighted by molar-refractivity contribution is -0.144. The Morgan fingerprint density at radius 1 is 1.19 bits per heavy atom. The van der Waals surface area contributed by atoms with Gasteiger partial charge in [-0.25, -0.2) is 8.42 Å². The van der Waals surface area contributed by atoms with Crippen LogP contribution < -0.4 is 5.56 Å². The first-order chi connectivity index (χ1) is 11.9. The summed E-state index contributed by atoms with van der Waals surface area (Å²) in [5.41, 5.74) is -0.624. The SMILES string of the molecule is CCN(CC)S(=O)(=O)c1ccc(=O)n(CC(=O)N(C)CCC(F)(F)F)c1. The summed E-state index contributed by atoms with van der Waals surface area (Å²) in [5.74, 6) is -0.728. The highest BCUT2D eigenvalue weighted by molar-refractivity contribution is 7.89. The van der Waals surface area contributed by atoms with Gasteiger partial charge in [0.1, 0.15) is 6.54 Å². The summed E-state index contributed by atoms with van der Waals surface area (Å²) in [6, 6.07) is 2.16. The number of amides is 1. The highest BCUT2D eigenvalue weighted by atomic mass is 32.2. The first-order valence-electron chi connectivity index (χ1n) is 7.93. The van der Waals surface area contributed by atoms with Crippen LogP contribution in [0.2, 0.25) is 0 Å². The average molecular weight is 397 g/mol. The third-order valence-electron chi connectivity index (χ3n) is 3.76. The zero-order valence-corrected chi connectivity index (χ0v) is 15.6. The lowest BCUT2D eigenvalue weighted by Gasteiger charge is -2.20. The van der Waals surface area contributed by atoms with Crippen LogP contribution in [0.4, 0.5) is 13.2 Å². The summed E-state index contributed by atoms with van der Waals surface area (Å²) < 4.78 is 63.7. The Hall–Kier alpha value is -1.88. The van der Waals surface area contributed by atoms with Crippen molar-refractivity contribution >= 4 is 15.9 Å². The van der Waals surface area contributed by atoms with E-state index in [-0.39, 0.29) is 18.0 Å². The van der Waals surface area contributed by atoms with Crippen LogP contribution in [0, 0.1) is 0 Å². The van der Waals surface area contributed by atoms with Crippen molar-refractivity contribution in [3.8, 4) is 0 Å². The second kappa shape index (κ2) is 8.67. The van der Waals surface area contributed by atoms with Crippen molar-refractivity contribution in [2.75, 3.05) is 26.7 Å².